The Balaban J connectivity index is 2.17. The Hall–Kier alpha value is -1.58. The van der Waals surface area contributed by atoms with E-state index in [1.807, 2.05) is 54.6 Å². The molecule has 0 heterocycles. The van der Waals surface area contributed by atoms with Gasteiger partial charge >= 0.3 is 0 Å². The minimum Gasteiger partial charge on any atom is -0.326 e. The van der Waals surface area contributed by atoms with E-state index < -0.39 is 0 Å². The molecule has 0 spiro atoms. The first-order valence-corrected chi connectivity index (χ1v) is 7.22. The van der Waals surface area contributed by atoms with Crippen LogP contribution in [0.1, 0.15) is 18.1 Å². The van der Waals surface area contributed by atoms with Gasteiger partial charge in [-0.1, -0.05) is 57.9 Å². The zero-order valence-corrected chi connectivity index (χ0v) is 13.2. The molecule has 1 N–H and O–H groups in total. The van der Waals surface area contributed by atoms with E-state index in [1.54, 1.807) is 0 Å². The largest absolute Gasteiger partial charge is 0.326 e. The Morgan fingerprint density at radius 1 is 1.15 bits per heavy atom. The van der Waals surface area contributed by atoms with Crippen molar-refractivity contribution in [3.8, 4) is 0 Å². The van der Waals surface area contributed by atoms with Crippen LogP contribution in [0.25, 0.3) is 12.2 Å². The molecule has 20 heavy (non-hydrogen) atoms. The second kappa shape index (κ2) is 6.73. The molecule has 1 amide bonds. The first-order valence-electron chi connectivity index (χ1n) is 6.05. The summed E-state index contributed by atoms with van der Waals surface area (Å²) >= 11 is 9.35. The monoisotopic (exact) mass is 349 g/mol. The third-order valence-electron chi connectivity index (χ3n) is 2.65. The second-order valence-electron chi connectivity index (χ2n) is 4.30. The number of carbonyl (C=O) groups excluding carboxylic acids is 1. The standard InChI is InChI=1S/C16H13BrClNO/c1-11(20)19-15-9-6-13(16(17)10-15)5-2-12-3-7-14(18)8-4-12/h2-10H,1H3,(H,19,20). The van der Waals surface area contributed by atoms with Gasteiger partial charge in [-0.05, 0) is 35.4 Å². The third-order valence-corrected chi connectivity index (χ3v) is 3.58. The van der Waals surface area contributed by atoms with Gasteiger partial charge in [0.05, 0.1) is 0 Å². The predicted octanol–water partition coefficient (Wildman–Crippen LogP) is 5.23. The fourth-order valence-corrected chi connectivity index (χ4v) is 2.34. The maximum Gasteiger partial charge on any atom is 0.221 e. The molecule has 0 fully saturated rings. The van der Waals surface area contributed by atoms with E-state index in [0.717, 1.165) is 26.3 Å². The molecule has 0 atom stereocenters. The van der Waals surface area contributed by atoms with Crippen LogP contribution in [0.5, 0.6) is 0 Å². The van der Waals surface area contributed by atoms with Gasteiger partial charge in [0.25, 0.3) is 0 Å². The van der Waals surface area contributed by atoms with Gasteiger partial charge in [0, 0.05) is 22.1 Å². The maximum atomic E-state index is 11.0. The normalized spacial score (nSPS) is 10.8. The van der Waals surface area contributed by atoms with Crippen molar-refractivity contribution in [2.45, 2.75) is 6.92 Å². The highest BCUT2D eigenvalue weighted by Crippen LogP contribution is 2.23. The Bertz CT molecular complexity index is 650. The molecule has 0 aromatic heterocycles. The molecule has 0 saturated carbocycles. The Labute approximate surface area is 131 Å². The summed E-state index contributed by atoms with van der Waals surface area (Å²) in [5, 5.41) is 3.47. The van der Waals surface area contributed by atoms with Gasteiger partial charge in [-0.15, -0.1) is 0 Å². The number of amides is 1. The van der Waals surface area contributed by atoms with E-state index in [-0.39, 0.29) is 5.91 Å². The number of benzene rings is 2. The summed E-state index contributed by atoms with van der Waals surface area (Å²) in [6.45, 7) is 1.49. The minimum atomic E-state index is -0.0821. The number of nitrogens with one attached hydrogen (secondary N) is 1. The molecule has 0 radical (unpaired) electrons. The van der Waals surface area contributed by atoms with Crippen LogP contribution in [0.15, 0.2) is 46.9 Å². The summed E-state index contributed by atoms with van der Waals surface area (Å²) < 4.78 is 0.925. The molecule has 2 aromatic rings. The fourth-order valence-electron chi connectivity index (χ4n) is 1.70. The molecule has 0 aliphatic carbocycles. The van der Waals surface area contributed by atoms with E-state index in [4.69, 9.17) is 11.6 Å². The van der Waals surface area contributed by atoms with E-state index >= 15 is 0 Å². The molecule has 0 aliphatic rings. The summed E-state index contributed by atoms with van der Waals surface area (Å²) in [4.78, 5) is 11.0. The lowest BCUT2D eigenvalue weighted by Gasteiger charge is -2.05. The first-order chi connectivity index (χ1) is 9.54. The third kappa shape index (κ3) is 4.22. The van der Waals surface area contributed by atoms with Crippen LogP contribution in [0.4, 0.5) is 5.69 Å². The van der Waals surface area contributed by atoms with Crippen LogP contribution in [-0.4, -0.2) is 5.91 Å². The number of rotatable bonds is 3. The van der Waals surface area contributed by atoms with Gasteiger partial charge in [-0.25, -0.2) is 0 Å². The molecule has 102 valence electrons. The highest BCUT2D eigenvalue weighted by Gasteiger charge is 2.00. The zero-order chi connectivity index (χ0) is 14.5. The molecular weight excluding hydrogens is 338 g/mol. The summed E-state index contributed by atoms with van der Waals surface area (Å²) in [5.74, 6) is -0.0821. The molecule has 2 rings (SSSR count). The van der Waals surface area contributed by atoms with Crippen LogP contribution in [0.2, 0.25) is 5.02 Å². The molecule has 0 unspecified atom stereocenters. The van der Waals surface area contributed by atoms with E-state index in [9.17, 15) is 4.79 Å². The highest BCUT2D eigenvalue weighted by atomic mass is 79.9. The molecular formula is C16H13BrClNO. The summed E-state index contributed by atoms with van der Waals surface area (Å²) in [6.07, 6.45) is 4.01. The van der Waals surface area contributed by atoms with Crippen molar-refractivity contribution < 1.29 is 4.79 Å². The number of anilines is 1. The molecule has 0 aliphatic heterocycles. The maximum absolute atomic E-state index is 11.0. The molecule has 0 bridgehead atoms. The van der Waals surface area contributed by atoms with Crippen LogP contribution in [0.3, 0.4) is 0 Å². The summed E-state index contributed by atoms with van der Waals surface area (Å²) in [7, 11) is 0. The van der Waals surface area contributed by atoms with Gasteiger partial charge in [-0.2, -0.15) is 0 Å². The summed E-state index contributed by atoms with van der Waals surface area (Å²) in [6, 6.07) is 13.3. The fraction of sp³-hybridized carbons (Fsp3) is 0.0625. The average Bonchev–Trinajstić information content (AvgIpc) is 2.39. The van der Waals surface area contributed by atoms with Crippen LogP contribution >= 0.6 is 27.5 Å². The van der Waals surface area contributed by atoms with Crippen molar-refractivity contribution in [1.82, 2.24) is 0 Å². The zero-order valence-electron chi connectivity index (χ0n) is 10.9. The van der Waals surface area contributed by atoms with E-state index in [2.05, 4.69) is 21.2 Å². The van der Waals surface area contributed by atoms with Crippen LogP contribution in [-0.2, 0) is 4.79 Å². The predicted molar refractivity (Wildman–Crippen MR) is 88.8 cm³/mol. The lowest BCUT2D eigenvalue weighted by molar-refractivity contribution is -0.114. The quantitative estimate of drug-likeness (QED) is 0.754. The Morgan fingerprint density at radius 3 is 2.45 bits per heavy atom. The lowest BCUT2D eigenvalue weighted by atomic mass is 10.1. The van der Waals surface area contributed by atoms with Crippen LogP contribution in [0, 0.1) is 0 Å². The average molecular weight is 351 g/mol. The van der Waals surface area contributed by atoms with E-state index in [1.165, 1.54) is 6.92 Å². The van der Waals surface area contributed by atoms with Gasteiger partial charge in [0.1, 0.15) is 0 Å². The van der Waals surface area contributed by atoms with Gasteiger partial charge in [0.2, 0.25) is 5.91 Å². The molecule has 2 nitrogen and oxygen atoms in total. The number of halogens is 2. The molecule has 2 aromatic carbocycles. The van der Waals surface area contributed by atoms with Crippen molar-refractivity contribution in [1.29, 1.82) is 0 Å². The highest BCUT2D eigenvalue weighted by molar-refractivity contribution is 9.10. The van der Waals surface area contributed by atoms with Crippen LogP contribution < -0.4 is 5.32 Å². The number of hydrogen-bond donors (Lipinski definition) is 1. The SMILES string of the molecule is CC(=O)Nc1ccc(C=Cc2ccc(Cl)cc2)c(Br)c1. The Morgan fingerprint density at radius 2 is 1.85 bits per heavy atom. The van der Waals surface area contributed by atoms with Crippen molar-refractivity contribution >= 4 is 51.3 Å². The minimum absolute atomic E-state index is 0.0821. The smallest absolute Gasteiger partial charge is 0.221 e. The van der Waals surface area contributed by atoms with Gasteiger partial charge in [0.15, 0.2) is 0 Å². The van der Waals surface area contributed by atoms with Gasteiger partial charge in [-0.3, -0.25) is 4.79 Å². The molecule has 4 heteroatoms. The number of carbonyl (C=O) groups is 1. The molecule has 0 saturated heterocycles. The number of hydrogen-bond acceptors (Lipinski definition) is 1. The topological polar surface area (TPSA) is 29.1 Å². The second-order valence-corrected chi connectivity index (χ2v) is 5.59. The lowest BCUT2D eigenvalue weighted by Crippen LogP contribution is -2.05. The van der Waals surface area contributed by atoms with Crippen molar-refractivity contribution in [3.05, 3.63) is 63.1 Å². The summed E-state index contributed by atoms with van der Waals surface area (Å²) in [5.41, 5.74) is 2.88. The van der Waals surface area contributed by atoms with Crippen molar-refractivity contribution in [2.24, 2.45) is 0 Å². The van der Waals surface area contributed by atoms with E-state index in [0.29, 0.717) is 0 Å². The van der Waals surface area contributed by atoms with Gasteiger partial charge < -0.3 is 5.32 Å². The first kappa shape index (κ1) is 14.8. The Kier molecular flexibility index (Phi) is 4.99. The van der Waals surface area contributed by atoms with Crippen molar-refractivity contribution in [2.75, 3.05) is 5.32 Å². The van der Waals surface area contributed by atoms with Crippen molar-refractivity contribution in [3.63, 3.8) is 0 Å².